The molecule has 0 aliphatic carbocycles. The minimum absolute atomic E-state index is 0.0904. The zero-order valence-electron chi connectivity index (χ0n) is 14.3. The molecule has 2 amide bonds. The maximum atomic E-state index is 13.5. The summed E-state index contributed by atoms with van der Waals surface area (Å²) >= 11 is 5.10. The van der Waals surface area contributed by atoms with Crippen molar-refractivity contribution in [2.75, 3.05) is 7.05 Å². The van der Waals surface area contributed by atoms with Gasteiger partial charge in [0.1, 0.15) is 0 Å². The maximum absolute atomic E-state index is 13.5. The Bertz CT molecular complexity index is 997. The molecule has 1 spiro atoms. The largest absolute Gasteiger partial charge is 0.320 e. The van der Waals surface area contributed by atoms with Crippen LogP contribution in [0.5, 0.6) is 0 Å². The molecule has 0 radical (unpaired) electrons. The van der Waals surface area contributed by atoms with Crippen molar-refractivity contribution >= 4 is 50.2 Å². The molecule has 3 fully saturated rings. The van der Waals surface area contributed by atoms with E-state index >= 15 is 0 Å². The van der Waals surface area contributed by atoms with Crippen LogP contribution < -0.4 is 0 Å². The number of pyridine rings is 1. The summed E-state index contributed by atoms with van der Waals surface area (Å²) in [4.78, 5) is 32.4. The zero-order valence-corrected chi connectivity index (χ0v) is 17.6. The van der Waals surface area contributed by atoms with Crippen molar-refractivity contribution in [2.45, 2.75) is 36.1 Å². The molecular weight excluding hydrogens is 408 g/mol. The molecule has 5 atom stereocenters. The smallest absolute Gasteiger partial charge is 0.261 e. The summed E-state index contributed by atoms with van der Waals surface area (Å²) in [6.07, 6.45) is 3.65. The Morgan fingerprint density at radius 2 is 2.15 bits per heavy atom. The number of aromatic nitrogens is 1. The second-order valence-electron chi connectivity index (χ2n) is 7.11. The predicted molar refractivity (Wildman–Crippen MR) is 106 cm³/mol. The van der Waals surface area contributed by atoms with E-state index in [-0.39, 0.29) is 11.8 Å². The normalized spacial score (nSPS) is 40.5. The quantitative estimate of drug-likeness (QED) is 0.668. The van der Waals surface area contributed by atoms with Crippen LogP contribution in [0, 0.1) is 16.7 Å². The molecule has 0 saturated carbocycles. The Hall–Kier alpha value is -1.41. The van der Waals surface area contributed by atoms with E-state index in [4.69, 9.17) is 11.2 Å². The monoisotopic (exact) mass is 424 g/mol. The lowest BCUT2D eigenvalue weighted by molar-refractivity contribution is -0.159. The second-order valence-corrected chi connectivity index (χ2v) is 13.7. The third-order valence-corrected chi connectivity index (χ3v) is 13.9. The highest BCUT2D eigenvalue weighted by molar-refractivity contribution is 8.59. The third-order valence-electron chi connectivity index (χ3n) is 5.77. The van der Waals surface area contributed by atoms with Gasteiger partial charge in [0.05, 0.1) is 17.5 Å². The lowest BCUT2D eigenvalue weighted by atomic mass is 9.80. The summed E-state index contributed by atoms with van der Waals surface area (Å²) < 4.78 is 0. The molecule has 10 heteroatoms. The van der Waals surface area contributed by atoms with Crippen molar-refractivity contribution in [3.05, 3.63) is 30.1 Å². The third kappa shape index (κ3) is 1.80. The lowest BCUT2D eigenvalue weighted by Crippen LogP contribution is -2.60. The van der Waals surface area contributed by atoms with Gasteiger partial charge in [-0.05, 0) is 63.9 Å². The molecule has 1 aromatic rings. The fraction of sp³-hybridized carbons (Fsp3) is 0.500. The van der Waals surface area contributed by atoms with Crippen LogP contribution in [-0.4, -0.2) is 43.4 Å². The van der Waals surface area contributed by atoms with Gasteiger partial charge in [-0.3, -0.25) is 14.6 Å². The molecule has 4 heterocycles. The maximum Gasteiger partial charge on any atom is 0.261 e. The van der Waals surface area contributed by atoms with Gasteiger partial charge in [0, 0.05) is 25.9 Å². The van der Waals surface area contributed by atoms with E-state index in [1.807, 2.05) is 19.9 Å². The number of fused-ring (bicyclic) bond motifs is 1. The molecule has 0 aromatic carbocycles. The molecule has 1 aromatic heterocycles. The van der Waals surface area contributed by atoms with E-state index in [2.05, 4.69) is 11.1 Å². The highest BCUT2D eigenvalue weighted by Crippen LogP contribution is 2.64. The van der Waals surface area contributed by atoms with Crippen molar-refractivity contribution < 1.29 is 9.59 Å². The molecule has 4 rings (SSSR count). The number of nitrogens with zero attached hydrogens (tertiary/aromatic N) is 4. The van der Waals surface area contributed by atoms with Gasteiger partial charge in [-0.15, -0.1) is 0 Å². The molecular formula is C16H16N4O2S4. The predicted octanol–water partition coefficient (Wildman–Crippen LogP) is 0.858. The van der Waals surface area contributed by atoms with Gasteiger partial charge in [-0.1, -0.05) is 6.07 Å². The van der Waals surface area contributed by atoms with Gasteiger partial charge in [0.15, 0.2) is 9.74 Å². The van der Waals surface area contributed by atoms with Crippen molar-refractivity contribution in [1.82, 2.24) is 14.8 Å². The van der Waals surface area contributed by atoms with Crippen molar-refractivity contribution in [3.8, 4) is 6.07 Å². The topological polar surface area (TPSA) is 77.3 Å². The molecule has 2 bridgehead atoms. The highest BCUT2D eigenvalue weighted by atomic mass is 33.2. The first-order valence-electron chi connectivity index (χ1n) is 7.93. The Morgan fingerprint density at radius 1 is 1.42 bits per heavy atom. The van der Waals surface area contributed by atoms with Crippen LogP contribution in [0.25, 0.3) is 0 Å². The Kier molecular flexibility index (Phi) is 3.83. The summed E-state index contributed by atoms with van der Waals surface area (Å²) in [5, 5.41) is 9.99. The first-order valence-corrected chi connectivity index (χ1v) is 12.8. The molecule has 0 N–H and O–H groups in total. The number of carbonyl (C=O) groups is 2. The minimum Gasteiger partial charge on any atom is -0.320 e. The first kappa shape index (κ1) is 18.0. The Balaban J connectivity index is 2.06. The van der Waals surface area contributed by atoms with Crippen LogP contribution in [0.4, 0.5) is 0 Å². The Labute approximate surface area is 164 Å². The summed E-state index contributed by atoms with van der Waals surface area (Å²) in [5.74, 6) is -0.195. The van der Waals surface area contributed by atoms with E-state index in [1.165, 1.54) is 8.88 Å². The average molecular weight is 425 g/mol. The summed E-state index contributed by atoms with van der Waals surface area (Å²) in [5.41, 5.74) is -0.0911. The van der Waals surface area contributed by atoms with Gasteiger partial charge >= 0.3 is 0 Å². The van der Waals surface area contributed by atoms with Gasteiger partial charge in [0.2, 0.25) is 0 Å². The highest BCUT2D eigenvalue weighted by Gasteiger charge is 2.80. The zero-order chi connectivity index (χ0) is 18.9. The number of carbonyl (C=O) groups excluding carboxylic acids is 2. The van der Waals surface area contributed by atoms with Crippen LogP contribution >= 0.6 is 0 Å². The molecule has 3 saturated heterocycles. The number of hydrogen-bond donors (Lipinski definition) is 0. The number of amides is 2. The first-order chi connectivity index (χ1) is 12.3. The molecule has 3 aliphatic rings. The van der Waals surface area contributed by atoms with E-state index in [0.29, 0.717) is 6.42 Å². The van der Waals surface area contributed by atoms with Gasteiger partial charge in [-0.2, -0.15) is 5.26 Å². The minimum atomic E-state index is -1.01. The van der Waals surface area contributed by atoms with Crippen LogP contribution in [0.1, 0.15) is 31.9 Å². The number of nitriles is 1. The van der Waals surface area contributed by atoms with E-state index in [9.17, 15) is 14.9 Å². The lowest BCUT2D eigenvalue weighted by Gasteiger charge is -2.39. The standard InChI is InChI=1S/C16H16N4O2S4/c1-14(9-17)8-16-13(22)19(3)15(2,26(16)25-24-23)12(21)20(16)11(14)10-5-4-6-18-7-10/h4-7,11H,8H2,1-3H3/t11-,14+,15+,16-,26?/m0/s1. The number of likely N-dealkylation sites (N-methyl/N-ethyl adjacent to an activating group) is 1. The average Bonchev–Trinajstić information content (AvgIpc) is 3.08. The molecule has 136 valence electrons. The van der Waals surface area contributed by atoms with Gasteiger partial charge < -0.3 is 9.80 Å². The van der Waals surface area contributed by atoms with Crippen molar-refractivity contribution in [3.63, 3.8) is 0 Å². The van der Waals surface area contributed by atoms with E-state index in [0.717, 1.165) is 14.4 Å². The van der Waals surface area contributed by atoms with Crippen LogP contribution in [0.3, 0.4) is 0 Å². The van der Waals surface area contributed by atoms with Gasteiger partial charge in [0.25, 0.3) is 11.8 Å². The molecule has 26 heavy (non-hydrogen) atoms. The van der Waals surface area contributed by atoms with Crippen LogP contribution in [0.2, 0.25) is 0 Å². The fourth-order valence-electron chi connectivity index (χ4n) is 4.53. The van der Waals surface area contributed by atoms with E-state index < -0.39 is 30.7 Å². The van der Waals surface area contributed by atoms with Crippen molar-refractivity contribution in [2.24, 2.45) is 5.41 Å². The van der Waals surface area contributed by atoms with Gasteiger partial charge in [-0.25, -0.2) is 0 Å². The Morgan fingerprint density at radius 3 is 2.73 bits per heavy atom. The summed E-state index contributed by atoms with van der Waals surface area (Å²) in [6, 6.07) is 5.56. The summed E-state index contributed by atoms with van der Waals surface area (Å²) in [6.45, 7) is 3.66. The van der Waals surface area contributed by atoms with Crippen LogP contribution in [0.15, 0.2) is 24.5 Å². The van der Waals surface area contributed by atoms with E-state index in [1.54, 1.807) is 35.3 Å². The number of rotatable bonds is 1. The number of hydrogen-bond acceptors (Lipinski definition) is 5. The fourth-order valence-corrected chi connectivity index (χ4v) is 13.5. The van der Waals surface area contributed by atoms with Crippen molar-refractivity contribution in [1.29, 1.82) is 5.26 Å². The van der Waals surface area contributed by atoms with Crippen LogP contribution in [-0.2, 0) is 48.0 Å². The molecule has 6 nitrogen and oxygen atoms in total. The molecule has 1 unspecified atom stereocenters. The summed E-state index contributed by atoms with van der Waals surface area (Å²) in [7, 11) is 3.58. The molecule has 3 aliphatic heterocycles. The SMILES string of the molecule is CN1C(=O)[C@@]23C[C@](C)(C#N)[C@H](c4cccnc4)N2C(=O)[C@@]1(C)S3=S=S=S. The number of piperazine rings is 1. The second kappa shape index (κ2) is 5.55.